The van der Waals surface area contributed by atoms with E-state index >= 15 is 0 Å². The lowest BCUT2D eigenvalue weighted by molar-refractivity contribution is -0.141. The van der Waals surface area contributed by atoms with Crippen LogP contribution in [0.1, 0.15) is 35.1 Å². The summed E-state index contributed by atoms with van der Waals surface area (Å²) in [6, 6.07) is 15.4. The topological polar surface area (TPSA) is 46.6 Å². The van der Waals surface area contributed by atoms with Crippen LogP contribution in [0.3, 0.4) is 0 Å². The summed E-state index contributed by atoms with van der Waals surface area (Å²) in [5.41, 5.74) is 3.32. The van der Waals surface area contributed by atoms with Gasteiger partial charge in [0.15, 0.2) is 0 Å². The molecular formula is C23H19Cl2NO3. The molecule has 0 saturated carbocycles. The molecule has 0 N–H and O–H groups in total. The number of likely N-dealkylation sites (tertiary alicyclic amines) is 1. The summed E-state index contributed by atoms with van der Waals surface area (Å²) < 4.78 is 5.70. The van der Waals surface area contributed by atoms with E-state index < -0.39 is 21.6 Å². The standard InChI is InChI=1S/C23H19Cl2NO3/c24-22-14-7-1-2-8-15(14)23(25,17-10-4-3-9-16(17)22)19-18(22)20(27)26(21(19)28)12-13-6-5-11-29-13/h1-4,7-10,13,18-19H,5-6,11-12H2/t13-,18-,19-,22?,23?/m0/s1. The van der Waals surface area contributed by atoms with Crippen LogP contribution in [0.15, 0.2) is 48.5 Å². The van der Waals surface area contributed by atoms with Crippen molar-refractivity contribution in [3.8, 4) is 0 Å². The highest BCUT2D eigenvalue weighted by Gasteiger charge is 2.73. The van der Waals surface area contributed by atoms with Crippen LogP contribution in [-0.2, 0) is 24.1 Å². The lowest BCUT2D eigenvalue weighted by Crippen LogP contribution is -2.57. The van der Waals surface area contributed by atoms with Crippen molar-refractivity contribution in [3.63, 3.8) is 0 Å². The second kappa shape index (κ2) is 5.84. The summed E-state index contributed by atoms with van der Waals surface area (Å²) >= 11 is 14.7. The average molecular weight is 428 g/mol. The van der Waals surface area contributed by atoms with Crippen molar-refractivity contribution in [1.29, 1.82) is 0 Å². The van der Waals surface area contributed by atoms with E-state index in [4.69, 9.17) is 27.9 Å². The number of imide groups is 1. The number of carbonyl (C=O) groups excluding carboxylic acids is 2. The first kappa shape index (κ1) is 17.9. The third-order valence-electron chi connectivity index (χ3n) is 7.09. The highest BCUT2D eigenvalue weighted by molar-refractivity contribution is 6.36. The van der Waals surface area contributed by atoms with E-state index in [2.05, 4.69) is 0 Å². The van der Waals surface area contributed by atoms with E-state index in [1.165, 1.54) is 4.90 Å². The Hall–Kier alpha value is -1.88. The average Bonchev–Trinajstić information content (AvgIpc) is 3.34. The lowest BCUT2D eigenvalue weighted by Gasteiger charge is -2.54. The molecule has 6 heteroatoms. The zero-order chi connectivity index (χ0) is 20.0. The van der Waals surface area contributed by atoms with Crippen LogP contribution in [0.4, 0.5) is 0 Å². The predicted molar refractivity (Wildman–Crippen MR) is 109 cm³/mol. The van der Waals surface area contributed by atoms with Crippen molar-refractivity contribution in [2.75, 3.05) is 13.2 Å². The fourth-order valence-electron chi connectivity index (χ4n) is 5.90. The highest BCUT2D eigenvalue weighted by atomic mass is 35.5. The van der Waals surface area contributed by atoms with Gasteiger partial charge in [-0.1, -0.05) is 48.5 Å². The molecule has 2 heterocycles. The van der Waals surface area contributed by atoms with Crippen molar-refractivity contribution in [3.05, 3.63) is 70.8 Å². The van der Waals surface area contributed by atoms with Crippen molar-refractivity contribution in [1.82, 2.24) is 4.90 Å². The fourth-order valence-corrected chi connectivity index (χ4v) is 6.99. The molecule has 2 saturated heterocycles. The maximum atomic E-state index is 13.6. The zero-order valence-corrected chi connectivity index (χ0v) is 17.1. The number of rotatable bonds is 2. The van der Waals surface area contributed by atoms with Gasteiger partial charge in [0, 0.05) is 6.61 Å². The van der Waals surface area contributed by atoms with Crippen LogP contribution in [0.2, 0.25) is 0 Å². The van der Waals surface area contributed by atoms with Gasteiger partial charge in [-0.05, 0) is 35.1 Å². The Kier molecular flexibility index (Phi) is 3.61. The smallest absolute Gasteiger partial charge is 0.235 e. The number of halogens is 2. The molecule has 29 heavy (non-hydrogen) atoms. The van der Waals surface area contributed by atoms with E-state index in [-0.39, 0.29) is 24.5 Å². The molecule has 0 radical (unpaired) electrons. The molecule has 7 rings (SSSR count). The molecule has 2 amide bonds. The van der Waals surface area contributed by atoms with E-state index in [0.717, 1.165) is 35.1 Å². The SMILES string of the molecule is O=C1[C@@H]2[C@@H](C(=O)N1C[C@@H]1CCCO1)C1(Cl)c3ccccc3C2(Cl)c2ccccc21. The number of ether oxygens (including phenoxy) is 1. The van der Waals surface area contributed by atoms with Crippen LogP contribution in [0.25, 0.3) is 0 Å². The minimum atomic E-state index is -1.10. The molecular weight excluding hydrogens is 409 g/mol. The van der Waals surface area contributed by atoms with Crippen LogP contribution in [-0.4, -0.2) is 36.0 Å². The van der Waals surface area contributed by atoms with Crippen LogP contribution >= 0.6 is 23.2 Å². The largest absolute Gasteiger partial charge is 0.376 e. The second-order valence-electron chi connectivity index (χ2n) is 8.39. The molecule has 3 atom stereocenters. The van der Waals surface area contributed by atoms with Gasteiger partial charge in [0.25, 0.3) is 0 Å². The summed E-state index contributed by atoms with van der Waals surface area (Å²) in [6.45, 7) is 0.945. The number of nitrogens with zero attached hydrogens (tertiary/aromatic N) is 1. The quantitative estimate of drug-likeness (QED) is 0.541. The number of hydrogen-bond acceptors (Lipinski definition) is 3. The molecule has 5 aliphatic rings. The highest BCUT2D eigenvalue weighted by Crippen LogP contribution is 2.69. The van der Waals surface area contributed by atoms with E-state index in [9.17, 15) is 9.59 Å². The first-order chi connectivity index (χ1) is 14.0. The summed E-state index contributed by atoms with van der Waals surface area (Å²) in [7, 11) is 0. The molecule has 2 bridgehead atoms. The molecule has 148 valence electrons. The van der Waals surface area contributed by atoms with Gasteiger partial charge >= 0.3 is 0 Å². The summed E-state index contributed by atoms with van der Waals surface area (Å²) in [5.74, 6) is -1.92. The van der Waals surface area contributed by atoms with Crippen molar-refractivity contribution in [2.45, 2.75) is 28.7 Å². The summed E-state index contributed by atoms with van der Waals surface area (Å²) in [6.07, 6.45) is 1.69. The van der Waals surface area contributed by atoms with Crippen LogP contribution in [0.5, 0.6) is 0 Å². The molecule has 0 aromatic heterocycles. The van der Waals surface area contributed by atoms with E-state index in [1.807, 2.05) is 48.5 Å². The normalized spacial score (nSPS) is 36.9. The third kappa shape index (κ3) is 2.00. The van der Waals surface area contributed by atoms with E-state index in [0.29, 0.717) is 6.61 Å². The molecule has 0 spiro atoms. The number of hydrogen-bond donors (Lipinski definition) is 0. The van der Waals surface area contributed by atoms with Gasteiger partial charge in [-0.3, -0.25) is 14.5 Å². The Labute approximate surface area is 178 Å². The molecule has 3 aliphatic carbocycles. The van der Waals surface area contributed by atoms with Gasteiger partial charge in [-0.25, -0.2) is 0 Å². The second-order valence-corrected chi connectivity index (χ2v) is 9.58. The Morgan fingerprint density at radius 2 is 1.31 bits per heavy atom. The molecule has 0 unspecified atom stereocenters. The third-order valence-corrected chi connectivity index (χ3v) is 8.37. The lowest BCUT2D eigenvalue weighted by atomic mass is 9.54. The van der Waals surface area contributed by atoms with Crippen molar-refractivity contribution >= 4 is 35.0 Å². The Balaban J connectivity index is 1.58. The molecule has 2 aromatic rings. The van der Waals surface area contributed by atoms with Gasteiger partial charge in [-0.15, -0.1) is 23.2 Å². The van der Waals surface area contributed by atoms with E-state index in [1.54, 1.807) is 0 Å². The minimum Gasteiger partial charge on any atom is -0.376 e. The van der Waals surface area contributed by atoms with Gasteiger partial charge in [0.1, 0.15) is 9.75 Å². The number of amides is 2. The Bertz CT molecular complexity index is 940. The zero-order valence-electron chi connectivity index (χ0n) is 15.6. The van der Waals surface area contributed by atoms with Gasteiger partial charge in [0.05, 0.1) is 24.5 Å². The Morgan fingerprint density at radius 3 is 1.69 bits per heavy atom. The summed E-state index contributed by atoms with van der Waals surface area (Å²) in [4.78, 5) is 26.4. The Morgan fingerprint density at radius 1 is 0.862 bits per heavy atom. The molecule has 2 fully saturated rings. The first-order valence-electron chi connectivity index (χ1n) is 10.0. The number of carbonyl (C=O) groups is 2. The van der Waals surface area contributed by atoms with Gasteiger partial charge < -0.3 is 4.74 Å². The van der Waals surface area contributed by atoms with Crippen LogP contribution < -0.4 is 0 Å². The molecule has 2 aromatic carbocycles. The fraction of sp³-hybridized carbons (Fsp3) is 0.391. The summed E-state index contributed by atoms with van der Waals surface area (Å²) in [5, 5.41) is 0. The first-order valence-corrected chi connectivity index (χ1v) is 10.8. The molecule has 4 nitrogen and oxygen atoms in total. The maximum absolute atomic E-state index is 13.6. The van der Waals surface area contributed by atoms with Crippen molar-refractivity contribution < 1.29 is 14.3 Å². The van der Waals surface area contributed by atoms with Crippen molar-refractivity contribution in [2.24, 2.45) is 11.8 Å². The monoisotopic (exact) mass is 427 g/mol. The van der Waals surface area contributed by atoms with Gasteiger partial charge in [0.2, 0.25) is 11.8 Å². The maximum Gasteiger partial charge on any atom is 0.235 e. The van der Waals surface area contributed by atoms with Crippen LogP contribution in [0, 0.1) is 11.8 Å². The number of alkyl halides is 2. The molecule has 2 aliphatic heterocycles. The predicted octanol–water partition coefficient (Wildman–Crippen LogP) is 3.76. The van der Waals surface area contributed by atoms with Gasteiger partial charge in [-0.2, -0.15) is 0 Å². The minimum absolute atomic E-state index is 0.108. The number of benzene rings is 2.